The molecule has 3 rings (SSSR count). The van der Waals surface area contributed by atoms with Gasteiger partial charge < -0.3 is 9.47 Å². The summed E-state index contributed by atoms with van der Waals surface area (Å²) in [5.74, 6) is 0.502. The quantitative estimate of drug-likeness (QED) is 0.779. The van der Waals surface area contributed by atoms with Crippen molar-refractivity contribution in [3.05, 3.63) is 34.3 Å². The smallest absolute Gasteiger partial charge is 0.222 e. The van der Waals surface area contributed by atoms with Crippen LogP contribution < -0.4 is 0 Å². The van der Waals surface area contributed by atoms with Gasteiger partial charge in [-0.2, -0.15) is 0 Å². The third kappa shape index (κ3) is 3.56. The number of ketones is 1. The first kappa shape index (κ1) is 16.8. The lowest BCUT2D eigenvalue weighted by molar-refractivity contribution is -0.132. The molecule has 0 N–H and O–H groups in total. The minimum absolute atomic E-state index is 0.0401. The Labute approximate surface area is 145 Å². The van der Waals surface area contributed by atoms with Crippen LogP contribution in [0.4, 0.5) is 0 Å². The van der Waals surface area contributed by atoms with Crippen LogP contribution in [0, 0.1) is 12.8 Å². The Morgan fingerprint density at radius 2 is 2.21 bits per heavy atom. The average Bonchev–Trinajstić information content (AvgIpc) is 3.20. The van der Waals surface area contributed by atoms with Crippen LogP contribution in [0.15, 0.2) is 17.9 Å². The van der Waals surface area contributed by atoms with Crippen molar-refractivity contribution in [1.29, 1.82) is 0 Å². The Bertz CT molecular complexity index is 737. The number of piperidine rings is 1. The van der Waals surface area contributed by atoms with Gasteiger partial charge in [0, 0.05) is 49.7 Å². The highest BCUT2D eigenvalue weighted by molar-refractivity contribution is 7.09. The molecular formula is C17H22N4O2S. The van der Waals surface area contributed by atoms with E-state index in [-0.39, 0.29) is 17.6 Å². The summed E-state index contributed by atoms with van der Waals surface area (Å²) in [5.41, 5.74) is 2.83. The Morgan fingerprint density at radius 1 is 1.38 bits per heavy atom. The number of Topliss-reactive ketones (excluding diaryl/α,β-unsaturated/α-hetero) is 1. The maximum atomic E-state index is 12.6. The van der Waals surface area contributed by atoms with E-state index in [4.69, 9.17) is 0 Å². The van der Waals surface area contributed by atoms with Crippen LogP contribution in [0.1, 0.15) is 40.5 Å². The molecule has 2 aromatic rings. The Balaban J connectivity index is 1.59. The van der Waals surface area contributed by atoms with Crippen LogP contribution in [0.3, 0.4) is 0 Å². The van der Waals surface area contributed by atoms with Gasteiger partial charge in [-0.25, -0.2) is 9.97 Å². The molecule has 128 valence electrons. The number of carbonyl (C=O) groups excluding carboxylic acids is 2. The number of imidazole rings is 1. The number of amides is 1. The molecule has 1 fully saturated rings. The maximum absolute atomic E-state index is 12.6. The van der Waals surface area contributed by atoms with E-state index >= 15 is 0 Å². The number of carbonyl (C=O) groups is 2. The molecule has 1 amide bonds. The zero-order chi connectivity index (χ0) is 17.1. The largest absolute Gasteiger partial charge is 0.342 e. The van der Waals surface area contributed by atoms with Crippen molar-refractivity contribution in [2.24, 2.45) is 13.0 Å². The molecule has 2 aromatic heterocycles. The highest BCUT2D eigenvalue weighted by Gasteiger charge is 2.30. The van der Waals surface area contributed by atoms with E-state index in [0.717, 1.165) is 31.5 Å². The summed E-state index contributed by atoms with van der Waals surface area (Å²) in [5, 5.41) is 0. The zero-order valence-corrected chi connectivity index (χ0v) is 14.9. The molecule has 0 radical (unpaired) electrons. The number of aryl methyl sites for hydroxylation is 3. The number of nitrogens with zero attached hydrogens (tertiary/aromatic N) is 4. The second-order valence-corrected chi connectivity index (χ2v) is 7.21. The normalized spacial score (nSPS) is 17.9. The van der Waals surface area contributed by atoms with E-state index in [1.807, 2.05) is 24.4 Å². The SMILES string of the molecule is Cc1ncsc1CCC(=O)N1CCCC(C(=O)c2nccn2C)C1. The Hall–Kier alpha value is -2.02. The minimum Gasteiger partial charge on any atom is -0.342 e. The van der Waals surface area contributed by atoms with Crippen molar-refractivity contribution in [3.63, 3.8) is 0 Å². The van der Waals surface area contributed by atoms with Crippen molar-refractivity contribution >= 4 is 23.0 Å². The average molecular weight is 346 g/mol. The number of hydrogen-bond donors (Lipinski definition) is 0. The van der Waals surface area contributed by atoms with Gasteiger partial charge in [0.1, 0.15) is 0 Å². The van der Waals surface area contributed by atoms with E-state index in [2.05, 4.69) is 9.97 Å². The van der Waals surface area contributed by atoms with Crippen LogP contribution in [0.25, 0.3) is 0 Å². The van der Waals surface area contributed by atoms with E-state index in [0.29, 0.717) is 18.8 Å². The second kappa shape index (κ2) is 7.25. The number of likely N-dealkylation sites (tertiary alicyclic amines) is 1. The van der Waals surface area contributed by atoms with Crippen molar-refractivity contribution in [2.45, 2.75) is 32.6 Å². The zero-order valence-electron chi connectivity index (χ0n) is 14.1. The van der Waals surface area contributed by atoms with Crippen LogP contribution in [0.2, 0.25) is 0 Å². The first-order valence-corrected chi connectivity index (χ1v) is 9.12. The molecule has 6 nitrogen and oxygen atoms in total. The number of aromatic nitrogens is 3. The molecule has 0 aliphatic carbocycles. The molecule has 7 heteroatoms. The third-order valence-corrected chi connectivity index (χ3v) is 5.59. The molecule has 24 heavy (non-hydrogen) atoms. The van der Waals surface area contributed by atoms with Crippen molar-refractivity contribution in [2.75, 3.05) is 13.1 Å². The lowest BCUT2D eigenvalue weighted by atomic mass is 9.93. The topological polar surface area (TPSA) is 68.1 Å². The number of thiazole rings is 1. The van der Waals surface area contributed by atoms with Gasteiger partial charge in [0.25, 0.3) is 0 Å². The molecule has 0 spiro atoms. The van der Waals surface area contributed by atoms with E-state index in [1.54, 1.807) is 28.3 Å². The summed E-state index contributed by atoms with van der Waals surface area (Å²) in [4.78, 5) is 36.5. The summed E-state index contributed by atoms with van der Waals surface area (Å²) in [7, 11) is 1.82. The molecule has 1 unspecified atom stereocenters. The molecule has 1 aliphatic rings. The summed E-state index contributed by atoms with van der Waals surface area (Å²) < 4.78 is 1.75. The molecular weight excluding hydrogens is 324 g/mol. The molecule has 3 heterocycles. The minimum atomic E-state index is -0.144. The van der Waals surface area contributed by atoms with Gasteiger partial charge >= 0.3 is 0 Å². The lowest BCUT2D eigenvalue weighted by Gasteiger charge is -2.32. The monoisotopic (exact) mass is 346 g/mol. The van der Waals surface area contributed by atoms with Gasteiger partial charge in [-0.1, -0.05) is 0 Å². The van der Waals surface area contributed by atoms with Gasteiger partial charge in [0.15, 0.2) is 5.82 Å². The first-order chi connectivity index (χ1) is 11.6. The fraction of sp³-hybridized carbons (Fsp3) is 0.529. The molecule has 1 atom stereocenters. The molecule has 0 saturated carbocycles. The van der Waals surface area contributed by atoms with E-state index in [9.17, 15) is 9.59 Å². The van der Waals surface area contributed by atoms with Gasteiger partial charge in [-0.15, -0.1) is 11.3 Å². The standard InChI is InChI=1S/C17H22N4O2S/c1-12-14(24-11-19-12)5-6-15(22)21-8-3-4-13(10-21)16(23)17-18-7-9-20(17)2/h7,9,11,13H,3-6,8,10H2,1-2H3. The molecule has 0 bridgehead atoms. The first-order valence-electron chi connectivity index (χ1n) is 8.24. The maximum Gasteiger partial charge on any atom is 0.222 e. The van der Waals surface area contributed by atoms with Crippen molar-refractivity contribution < 1.29 is 9.59 Å². The predicted octanol–water partition coefficient (Wildman–Crippen LogP) is 2.24. The van der Waals surface area contributed by atoms with Crippen LogP contribution in [-0.4, -0.2) is 44.2 Å². The number of hydrogen-bond acceptors (Lipinski definition) is 5. The summed E-state index contributed by atoms with van der Waals surface area (Å²) in [6.07, 6.45) is 6.30. The van der Waals surface area contributed by atoms with E-state index < -0.39 is 0 Å². The summed E-state index contributed by atoms with van der Waals surface area (Å²) in [6.45, 7) is 3.22. The fourth-order valence-corrected chi connectivity index (χ4v) is 3.93. The Kier molecular flexibility index (Phi) is 5.08. The van der Waals surface area contributed by atoms with Gasteiger partial charge in [0.05, 0.1) is 11.2 Å². The van der Waals surface area contributed by atoms with Crippen molar-refractivity contribution in [1.82, 2.24) is 19.4 Å². The molecule has 1 saturated heterocycles. The van der Waals surface area contributed by atoms with Crippen LogP contribution in [-0.2, 0) is 18.3 Å². The van der Waals surface area contributed by atoms with Crippen LogP contribution >= 0.6 is 11.3 Å². The highest BCUT2D eigenvalue weighted by Crippen LogP contribution is 2.22. The second-order valence-electron chi connectivity index (χ2n) is 6.27. The lowest BCUT2D eigenvalue weighted by Crippen LogP contribution is -2.42. The Morgan fingerprint density at radius 3 is 2.88 bits per heavy atom. The van der Waals surface area contributed by atoms with Crippen LogP contribution in [0.5, 0.6) is 0 Å². The highest BCUT2D eigenvalue weighted by atomic mass is 32.1. The summed E-state index contributed by atoms with van der Waals surface area (Å²) >= 11 is 1.60. The van der Waals surface area contributed by atoms with Gasteiger partial charge in [0.2, 0.25) is 11.7 Å². The van der Waals surface area contributed by atoms with E-state index in [1.165, 1.54) is 4.88 Å². The molecule has 1 aliphatic heterocycles. The third-order valence-electron chi connectivity index (χ3n) is 4.60. The number of rotatable bonds is 5. The fourth-order valence-electron chi connectivity index (χ4n) is 3.15. The van der Waals surface area contributed by atoms with Gasteiger partial charge in [-0.3, -0.25) is 9.59 Å². The molecule has 0 aromatic carbocycles. The van der Waals surface area contributed by atoms with Crippen molar-refractivity contribution in [3.8, 4) is 0 Å². The predicted molar refractivity (Wildman–Crippen MR) is 92.0 cm³/mol. The summed E-state index contributed by atoms with van der Waals surface area (Å²) in [6, 6.07) is 0. The van der Waals surface area contributed by atoms with Gasteiger partial charge in [-0.05, 0) is 26.2 Å².